The zero-order valence-electron chi connectivity index (χ0n) is 34.5. The van der Waals surface area contributed by atoms with Crippen molar-refractivity contribution in [1.82, 2.24) is 0 Å². The van der Waals surface area contributed by atoms with Crippen LogP contribution in [0.25, 0.3) is 65.3 Å². The fourth-order valence-electron chi connectivity index (χ4n) is 11.6. The molecule has 0 nitrogen and oxygen atoms in total. The molecule has 2 aliphatic rings. The molecule has 2 aliphatic heterocycles. The van der Waals surface area contributed by atoms with Crippen molar-refractivity contribution in [2.24, 2.45) is 0 Å². The Morgan fingerprint density at radius 2 is 0.516 bits per heavy atom. The second-order valence-electron chi connectivity index (χ2n) is 18.2. The van der Waals surface area contributed by atoms with Crippen LogP contribution in [0.3, 0.4) is 0 Å². The van der Waals surface area contributed by atoms with Crippen LogP contribution in [0.4, 0.5) is 0 Å². The number of fused-ring (bicyclic) bond motifs is 14. The Hall–Kier alpha value is -4.94. The summed E-state index contributed by atoms with van der Waals surface area (Å²) in [5.41, 5.74) is 11.4. The molecule has 0 bridgehead atoms. The fourth-order valence-corrected chi connectivity index (χ4v) is 30.9. The summed E-state index contributed by atoms with van der Waals surface area (Å²) in [5.74, 6) is 0. The summed E-state index contributed by atoms with van der Waals surface area (Å²) in [6, 6.07) is 78.9. The van der Waals surface area contributed by atoms with E-state index in [0.29, 0.717) is 0 Å². The Morgan fingerprint density at radius 3 is 0.790 bits per heavy atom. The van der Waals surface area contributed by atoms with Crippen molar-refractivity contribution in [2.45, 2.75) is 24.6 Å². The number of hydrogen-bond donors (Lipinski definition) is 0. The molecule has 4 heteroatoms. The Morgan fingerprint density at radius 1 is 0.274 bits per heavy atom. The predicted octanol–water partition coefficient (Wildman–Crippen LogP) is 16.7. The molecule has 0 N–H and O–H groups in total. The van der Waals surface area contributed by atoms with Gasteiger partial charge in [0.15, 0.2) is 0 Å². The molecule has 10 aromatic carbocycles. The van der Waals surface area contributed by atoms with E-state index in [2.05, 4.69) is 206 Å². The van der Waals surface area contributed by atoms with Crippen LogP contribution in [-0.2, 0) is 24.6 Å². The van der Waals surface area contributed by atoms with Gasteiger partial charge < -0.3 is 0 Å². The Kier molecular flexibility index (Phi) is 8.92. The average molecular weight is 965 g/mol. The summed E-state index contributed by atoms with van der Waals surface area (Å²) >= 11 is 10.1. The number of rotatable bonds is 5. The van der Waals surface area contributed by atoms with Gasteiger partial charge in [0.05, 0.1) is 0 Å². The summed E-state index contributed by atoms with van der Waals surface area (Å²) in [7, 11) is 0. The third-order valence-corrected chi connectivity index (χ3v) is 32.5. The van der Waals surface area contributed by atoms with Crippen LogP contribution in [0.1, 0.15) is 22.3 Å². The van der Waals surface area contributed by atoms with Crippen molar-refractivity contribution >= 4 is 95.3 Å². The Balaban J connectivity index is 1.13. The molecule has 62 heavy (non-hydrogen) atoms. The normalized spacial score (nSPS) is 18.1. The third kappa shape index (κ3) is 5.98. The van der Waals surface area contributed by atoms with Crippen LogP contribution in [0.5, 0.6) is 0 Å². The summed E-state index contributed by atoms with van der Waals surface area (Å²) in [5, 5.41) is 7.30. The molecule has 10 aromatic rings. The van der Waals surface area contributed by atoms with Gasteiger partial charge in [-0.2, -0.15) is 0 Å². The Labute approximate surface area is 380 Å². The molecular formula is C58H46Br2P2. The Bertz CT molecular complexity index is 3030. The predicted molar refractivity (Wildman–Crippen MR) is 282 cm³/mol. The maximum absolute atomic E-state index is 5.06. The van der Waals surface area contributed by atoms with Crippen LogP contribution in [-0.4, -0.2) is 12.3 Å². The molecule has 0 unspecified atom stereocenters. The van der Waals surface area contributed by atoms with Crippen molar-refractivity contribution in [3.63, 3.8) is 0 Å². The summed E-state index contributed by atoms with van der Waals surface area (Å²) in [6.07, 6.45) is 6.03. The molecule has 0 fully saturated rings. The van der Waals surface area contributed by atoms with E-state index < -0.39 is 10.6 Å². The molecule has 0 aliphatic carbocycles. The van der Waals surface area contributed by atoms with Crippen molar-refractivity contribution < 1.29 is 0 Å². The third-order valence-electron chi connectivity index (χ3n) is 14.6. The number of benzene rings is 10. The van der Waals surface area contributed by atoms with Gasteiger partial charge in [-0.25, -0.2) is 0 Å². The van der Waals surface area contributed by atoms with E-state index in [1.807, 2.05) is 0 Å². The SMILES string of the molecule is BrP1(CCP2(Br)(c3ccccc3)Cc3ccc4ccccc4c3-c3c(ccc4ccccc34)C2)(c2ccccc2)Cc2ccc3ccccc3c2-c2c(ccc3ccccc23)C1. The van der Waals surface area contributed by atoms with Crippen molar-refractivity contribution in [3.8, 4) is 22.3 Å². The van der Waals surface area contributed by atoms with Gasteiger partial charge in [-0.3, -0.25) is 0 Å². The first-order valence-electron chi connectivity index (χ1n) is 21.9. The quantitative estimate of drug-likeness (QED) is 0.151. The molecular weight excluding hydrogens is 918 g/mol. The van der Waals surface area contributed by atoms with Crippen LogP contribution in [0, 0.1) is 0 Å². The zero-order valence-corrected chi connectivity index (χ0v) is 39.5. The first-order chi connectivity index (χ1) is 30.3. The van der Waals surface area contributed by atoms with Crippen LogP contribution >= 0.6 is 41.6 Å². The zero-order chi connectivity index (χ0) is 41.6. The second-order valence-corrected chi connectivity index (χ2v) is 38.9. The van der Waals surface area contributed by atoms with Crippen LogP contribution < -0.4 is 10.6 Å². The molecule has 302 valence electrons. The van der Waals surface area contributed by atoms with Gasteiger partial charge in [0, 0.05) is 0 Å². The average Bonchev–Trinajstić information content (AvgIpc) is 3.54. The van der Waals surface area contributed by atoms with Gasteiger partial charge in [0.1, 0.15) is 0 Å². The van der Waals surface area contributed by atoms with E-state index >= 15 is 0 Å². The first kappa shape index (κ1) is 38.7. The van der Waals surface area contributed by atoms with E-state index in [-0.39, 0.29) is 0 Å². The molecule has 2 heterocycles. The van der Waals surface area contributed by atoms with Gasteiger partial charge in [-0.1, -0.05) is 0 Å². The van der Waals surface area contributed by atoms with Crippen molar-refractivity contribution in [3.05, 3.63) is 229 Å². The molecule has 12 rings (SSSR count). The summed E-state index contributed by atoms with van der Waals surface area (Å²) in [6.45, 7) is 0. The molecule has 0 atom stereocenters. The second kappa shape index (κ2) is 14.3. The maximum atomic E-state index is 5.06. The number of hydrogen-bond acceptors (Lipinski definition) is 0. The van der Waals surface area contributed by atoms with Gasteiger partial charge in [-0.15, -0.1) is 0 Å². The fraction of sp³-hybridized carbons (Fsp3) is 0.103. The van der Waals surface area contributed by atoms with Gasteiger partial charge in [-0.05, 0) is 0 Å². The minimum atomic E-state index is -3.11. The molecule has 0 saturated heterocycles. The van der Waals surface area contributed by atoms with E-state index in [0.717, 1.165) is 37.0 Å². The van der Waals surface area contributed by atoms with E-state index in [4.69, 9.17) is 31.0 Å². The van der Waals surface area contributed by atoms with Gasteiger partial charge in [0.25, 0.3) is 0 Å². The van der Waals surface area contributed by atoms with Gasteiger partial charge in [0.2, 0.25) is 0 Å². The molecule has 0 amide bonds. The molecule has 0 aromatic heterocycles. The summed E-state index contributed by atoms with van der Waals surface area (Å²) in [4.78, 5) is 0. The van der Waals surface area contributed by atoms with E-state index in [9.17, 15) is 0 Å². The van der Waals surface area contributed by atoms with E-state index in [1.165, 1.54) is 98.2 Å². The standard InChI is InChI=1S/C58H46Br2P2/c59-61(49-19-3-1-4-20-49,37-45-31-27-41-15-7-11-23-51(41)55(45)56-46(38-61)32-28-42-16-8-12-24-52(42)56)35-36-62(60,50-21-5-2-6-22-50)39-47-33-29-43-17-9-13-25-53(43)57(47)58-48(40-62)34-30-44-18-10-14-26-54(44)58/h1-34H,35-40H2. The number of halogens is 2. The molecule has 0 spiro atoms. The topological polar surface area (TPSA) is 0 Å². The minimum absolute atomic E-state index is 0.982. The van der Waals surface area contributed by atoms with Crippen LogP contribution in [0.2, 0.25) is 0 Å². The monoisotopic (exact) mass is 962 g/mol. The molecule has 0 saturated carbocycles. The van der Waals surface area contributed by atoms with Crippen LogP contribution in [0.15, 0.2) is 206 Å². The van der Waals surface area contributed by atoms with Gasteiger partial charge >= 0.3 is 383 Å². The van der Waals surface area contributed by atoms with Crippen molar-refractivity contribution in [1.29, 1.82) is 0 Å². The first-order valence-corrected chi connectivity index (χ1v) is 31.5. The summed E-state index contributed by atoms with van der Waals surface area (Å²) < 4.78 is 0. The van der Waals surface area contributed by atoms with Crippen molar-refractivity contribution in [2.75, 3.05) is 12.3 Å². The van der Waals surface area contributed by atoms with E-state index in [1.54, 1.807) is 0 Å². The molecule has 0 radical (unpaired) electrons.